The quantitative estimate of drug-likeness (QED) is 0.673. The molecule has 1 aliphatic rings. The summed E-state index contributed by atoms with van der Waals surface area (Å²) in [6.07, 6.45) is 1.49. The number of nitrogens with zero attached hydrogens (tertiary/aromatic N) is 2. The second-order valence-corrected chi connectivity index (χ2v) is 7.33. The molecule has 0 fully saturated rings. The molecule has 8 heteroatoms. The first-order valence-corrected chi connectivity index (χ1v) is 9.54. The Labute approximate surface area is 172 Å². The summed E-state index contributed by atoms with van der Waals surface area (Å²) in [5.41, 5.74) is 1.57. The van der Waals surface area contributed by atoms with Crippen LogP contribution in [0.25, 0.3) is 5.69 Å². The molecule has 1 aliphatic heterocycles. The molecular weight excluding hydrogens is 392 g/mol. The molecule has 156 valence electrons. The van der Waals surface area contributed by atoms with Gasteiger partial charge in [-0.1, -0.05) is 12.1 Å². The molecule has 0 radical (unpaired) electrons. The van der Waals surface area contributed by atoms with Crippen LogP contribution in [0.2, 0.25) is 0 Å². The zero-order valence-corrected chi connectivity index (χ0v) is 16.8. The van der Waals surface area contributed by atoms with Gasteiger partial charge in [0.05, 0.1) is 24.6 Å². The molecule has 0 saturated heterocycles. The molecule has 0 saturated carbocycles. The molecule has 1 atom stereocenters. The fraction of sp³-hybridized carbons (Fsp3) is 0.273. The van der Waals surface area contributed by atoms with Gasteiger partial charge < -0.3 is 14.8 Å². The summed E-state index contributed by atoms with van der Waals surface area (Å²) in [7, 11) is 1.55. The van der Waals surface area contributed by atoms with Crippen molar-refractivity contribution in [1.82, 2.24) is 9.55 Å². The predicted octanol–water partition coefficient (Wildman–Crippen LogP) is 4.42. The molecule has 1 unspecified atom stereocenters. The molecule has 0 spiro atoms. The first kappa shape index (κ1) is 19.9. The van der Waals surface area contributed by atoms with Gasteiger partial charge in [0.2, 0.25) is 5.91 Å². The molecule has 4 rings (SSSR count). The van der Waals surface area contributed by atoms with Crippen molar-refractivity contribution >= 4 is 11.7 Å². The maximum Gasteiger partial charge on any atom is 0.226 e. The summed E-state index contributed by atoms with van der Waals surface area (Å²) in [5, 5.41) is 2.78. The van der Waals surface area contributed by atoms with Crippen LogP contribution in [0, 0.1) is 11.6 Å². The number of hydrogen-bond acceptors (Lipinski definition) is 4. The van der Waals surface area contributed by atoms with Gasteiger partial charge in [0.25, 0.3) is 0 Å². The smallest absolute Gasteiger partial charge is 0.226 e. The Morgan fingerprint density at radius 2 is 1.93 bits per heavy atom. The lowest BCUT2D eigenvalue weighted by atomic mass is 9.89. The highest BCUT2D eigenvalue weighted by Crippen LogP contribution is 2.44. The van der Waals surface area contributed by atoms with Crippen molar-refractivity contribution in [2.24, 2.45) is 0 Å². The third-order valence-corrected chi connectivity index (χ3v) is 4.86. The number of fused-ring (bicyclic) bond motifs is 1. The van der Waals surface area contributed by atoms with Gasteiger partial charge in [-0.3, -0.25) is 9.36 Å². The third-order valence-electron chi connectivity index (χ3n) is 4.86. The topological polar surface area (TPSA) is 65.4 Å². The highest BCUT2D eigenvalue weighted by molar-refractivity contribution is 5.94. The van der Waals surface area contributed by atoms with E-state index in [0.717, 1.165) is 11.6 Å². The van der Waals surface area contributed by atoms with Crippen molar-refractivity contribution < 1.29 is 23.0 Å². The zero-order valence-electron chi connectivity index (χ0n) is 16.8. The first-order chi connectivity index (χ1) is 14.4. The van der Waals surface area contributed by atoms with Crippen LogP contribution in [0.3, 0.4) is 0 Å². The molecule has 1 aromatic heterocycles. The van der Waals surface area contributed by atoms with E-state index in [1.807, 2.05) is 26.0 Å². The van der Waals surface area contributed by atoms with Crippen molar-refractivity contribution in [3.8, 4) is 17.2 Å². The first-order valence-electron chi connectivity index (χ1n) is 9.54. The zero-order chi connectivity index (χ0) is 21.4. The van der Waals surface area contributed by atoms with Gasteiger partial charge in [-0.15, -0.1) is 0 Å². The Hall–Kier alpha value is -3.42. The van der Waals surface area contributed by atoms with Crippen LogP contribution in [-0.2, 0) is 4.79 Å². The summed E-state index contributed by atoms with van der Waals surface area (Å²) < 4.78 is 40.4. The number of hydrogen-bond donors (Lipinski definition) is 1. The maximum absolute atomic E-state index is 13.7. The SMILES string of the molecule is COc1cccc(C2CC(=O)Nc3c2ncn3-c2cc(F)cc(F)c2)c1OC(C)C. The number of halogens is 2. The monoisotopic (exact) mass is 413 g/mol. The van der Waals surface area contributed by atoms with Gasteiger partial charge in [-0.2, -0.15) is 0 Å². The number of carbonyl (C=O) groups is 1. The molecule has 2 heterocycles. The highest BCUT2D eigenvalue weighted by Gasteiger charge is 2.34. The van der Waals surface area contributed by atoms with E-state index in [0.29, 0.717) is 23.0 Å². The number of nitrogens with one attached hydrogen (secondary N) is 1. The number of aromatic nitrogens is 2. The lowest BCUT2D eigenvalue weighted by Gasteiger charge is -2.26. The van der Waals surface area contributed by atoms with Crippen LogP contribution in [0.4, 0.5) is 14.6 Å². The number of imidazole rings is 1. The van der Waals surface area contributed by atoms with Crippen LogP contribution in [0.5, 0.6) is 11.5 Å². The molecular formula is C22H21F2N3O3. The minimum Gasteiger partial charge on any atom is -0.493 e. The number of benzene rings is 2. The Morgan fingerprint density at radius 1 is 1.20 bits per heavy atom. The van der Waals surface area contributed by atoms with Gasteiger partial charge in [0.15, 0.2) is 11.5 Å². The number of rotatable bonds is 5. The lowest BCUT2D eigenvalue weighted by molar-refractivity contribution is -0.116. The number of methoxy groups -OCH3 is 1. The van der Waals surface area contributed by atoms with Crippen LogP contribution < -0.4 is 14.8 Å². The van der Waals surface area contributed by atoms with Crippen LogP contribution in [0.15, 0.2) is 42.7 Å². The summed E-state index contributed by atoms with van der Waals surface area (Å²) in [4.78, 5) is 17.0. The van der Waals surface area contributed by atoms with E-state index in [2.05, 4.69) is 10.3 Å². The van der Waals surface area contributed by atoms with E-state index >= 15 is 0 Å². The van der Waals surface area contributed by atoms with Gasteiger partial charge in [0, 0.05) is 24.0 Å². The molecule has 1 N–H and O–H groups in total. The summed E-state index contributed by atoms with van der Waals surface area (Å²) in [5.74, 6) is -0.591. The molecule has 6 nitrogen and oxygen atoms in total. The summed E-state index contributed by atoms with van der Waals surface area (Å²) >= 11 is 0. The number of carbonyl (C=O) groups excluding carboxylic acids is 1. The average Bonchev–Trinajstić information content (AvgIpc) is 3.10. The summed E-state index contributed by atoms with van der Waals surface area (Å²) in [6.45, 7) is 3.81. The predicted molar refractivity (Wildman–Crippen MR) is 107 cm³/mol. The molecule has 3 aromatic rings. The van der Waals surface area contributed by atoms with Gasteiger partial charge >= 0.3 is 0 Å². The van der Waals surface area contributed by atoms with Crippen LogP contribution in [-0.4, -0.2) is 28.7 Å². The van der Waals surface area contributed by atoms with Gasteiger partial charge in [0.1, 0.15) is 23.8 Å². The van der Waals surface area contributed by atoms with E-state index in [9.17, 15) is 13.6 Å². The normalized spacial score (nSPS) is 15.7. The van der Waals surface area contributed by atoms with E-state index in [1.54, 1.807) is 13.2 Å². The minimum absolute atomic E-state index is 0.107. The standard InChI is InChI=1S/C22H21F2N3O3/c1-12(2)30-21-16(5-4-6-18(21)29-3)17-10-19(28)26-22-20(17)25-11-27(22)15-8-13(23)7-14(24)9-15/h4-9,11-12,17H,10H2,1-3H3,(H,26,28). The van der Waals surface area contributed by atoms with E-state index in [4.69, 9.17) is 9.47 Å². The fourth-order valence-corrected chi connectivity index (χ4v) is 3.67. The van der Waals surface area contributed by atoms with Crippen molar-refractivity contribution in [2.75, 3.05) is 12.4 Å². The van der Waals surface area contributed by atoms with E-state index in [-0.39, 0.29) is 24.1 Å². The second-order valence-electron chi connectivity index (χ2n) is 7.33. The Kier molecular flexibility index (Phi) is 5.15. The maximum atomic E-state index is 13.7. The van der Waals surface area contributed by atoms with Gasteiger partial charge in [-0.05, 0) is 32.0 Å². The van der Waals surface area contributed by atoms with Gasteiger partial charge in [-0.25, -0.2) is 13.8 Å². The van der Waals surface area contributed by atoms with Crippen molar-refractivity contribution in [2.45, 2.75) is 32.3 Å². The molecule has 0 aliphatic carbocycles. The molecule has 0 bridgehead atoms. The van der Waals surface area contributed by atoms with Crippen molar-refractivity contribution in [3.05, 3.63) is 65.6 Å². The lowest BCUT2D eigenvalue weighted by Crippen LogP contribution is -2.25. The Morgan fingerprint density at radius 3 is 2.60 bits per heavy atom. The van der Waals surface area contributed by atoms with E-state index < -0.39 is 17.6 Å². The van der Waals surface area contributed by atoms with Crippen LogP contribution in [0.1, 0.15) is 37.4 Å². The molecule has 1 amide bonds. The average molecular weight is 413 g/mol. The Bertz CT molecular complexity index is 1090. The number of ether oxygens (including phenoxy) is 2. The fourth-order valence-electron chi connectivity index (χ4n) is 3.67. The minimum atomic E-state index is -0.716. The third kappa shape index (κ3) is 3.60. The number of anilines is 1. The molecule has 2 aromatic carbocycles. The summed E-state index contributed by atoms with van der Waals surface area (Å²) in [6, 6.07) is 8.64. The second kappa shape index (κ2) is 7.78. The largest absolute Gasteiger partial charge is 0.493 e. The molecule has 30 heavy (non-hydrogen) atoms. The number of para-hydroxylation sites is 1. The highest BCUT2D eigenvalue weighted by atomic mass is 19.1. The van der Waals surface area contributed by atoms with Crippen molar-refractivity contribution in [1.29, 1.82) is 0 Å². The number of amides is 1. The van der Waals surface area contributed by atoms with E-state index in [1.165, 1.54) is 23.0 Å². The van der Waals surface area contributed by atoms with Crippen LogP contribution >= 0.6 is 0 Å². The Balaban J connectivity index is 1.85. The van der Waals surface area contributed by atoms with Crippen molar-refractivity contribution in [3.63, 3.8) is 0 Å².